The molecule has 3 rings (SSSR count). The molecule has 2 fully saturated rings. The average molecular weight is 343 g/mol. The molecule has 1 aromatic rings. The summed E-state index contributed by atoms with van der Waals surface area (Å²) >= 11 is 0. The molecule has 7 heteroatoms. The maximum Gasteiger partial charge on any atom is 0.243 e. The third-order valence-corrected chi connectivity index (χ3v) is 7.01. The largest absolute Gasteiger partial charge is 0.494 e. The summed E-state index contributed by atoms with van der Waals surface area (Å²) in [5.41, 5.74) is -0.0904. The van der Waals surface area contributed by atoms with E-state index >= 15 is 0 Å². The zero-order valence-electron chi connectivity index (χ0n) is 13.4. The van der Waals surface area contributed by atoms with E-state index in [0.29, 0.717) is 25.6 Å². The summed E-state index contributed by atoms with van der Waals surface area (Å²) in [5.74, 6) is -0.307. The molecule has 5 nitrogen and oxygen atoms in total. The van der Waals surface area contributed by atoms with Crippen LogP contribution in [-0.2, 0) is 14.8 Å². The molecule has 0 N–H and O–H groups in total. The number of rotatable bonds is 5. The molecular formula is C16H22FNO4S. The van der Waals surface area contributed by atoms with Gasteiger partial charge in [-0.3, -0.25) is 0 Å². The lowest BCUT2D eigenvalue weighted by Crippen LogP contribution is -2.34. The van der Waals surface area contributed by atoms with Crippen molar-refractivity contribution >= 4 is 10.0 Å². The van der Waals surface area contributed by atoms with Crippen molar-refractivity contribution in [3.63, 3.8) is 0 Å². The second-order valence-electron chi connectivity index (χ2n) is 6.48. The fourth-order valence-electron chi connectivity index (χ4n) is 4.03. The van der Waals surface area contributed by atoms with Gasteiger partial charge in [-0.2, -0.15) is 4.31 Å². The predicted octanol–water partition coefficient (Wildman–Crippen LogP) is 2.27. The molecule has 1 saturated carbocycles. The quantitative estimate of drug-likeness (QED) is 0.823. The molecule has 1 heterocycles. The van der Waals surface area contributed by atoms with E-state index in [9.17, 15) is 12.8 Å². The molecule has 1 aromatic carbocycles. The minimum absolute atomic E-state index is 0.0247. The molecule has 0 unspecified atom stereocenters. The Bertz CT molecular complexity index is 693. The van der Waals surface area contributed by atoms with Crippen LogP contribution >= 0.6 is 0 Å². The first-order chi connectivity index (χ1) is 10.9. The number of methoxy groups -OCH3 is 2. The highest BCUT2D eigenvalue weighted by molar-refractivity contribution is 7.89. The van der Waals surface area contributed by atoms with Crippen molar-refractivity contribution < 1.29 is 22.3 Å². The number of ether oxygens (including phenoxy) is 2. The Morgan fingerprint density at radius 3 is 2.83 bits per heavy atom. The van der Waals surface area contributed by atoms with Crippen LogP contribution in [0.15, 0.2) is 23.1 Å². The van der Waals surface area contributed by atoms with Crippen LogP contribution < -0.4 is 4.74 Å². The number of nitrogens with zero attached hydrogens (tertiary/aromatic N) is 1. The third-order valence-electron chi connectivity index (χ3n) is 5.20. The number of halogens is 1. The number of fused-ring (bicyclic) bond motifs is 1. The third kappa shape index (κ3) is 2.75. The zero-order chi connectivity index (χ0) is 16.7. The number of benzene rings is 1. The van der Waals surface area contributed by atoms with Gasteiger partial charge in [-0.25, -0.2) is 12.8 Å². The number of sulfonamides is 1. The second kappa shape index (κ2) is 6.03. The first-order valence-corrected chi connectivity index (χ1v) is 9.19. The van der Waals surface area contributed by atoms with Gasteiger partial charge in [0.2, 0.25) is 10.0 Å². The van der Waals surface area contributed by atoms with Crippen molar-refractivity contribution in [1.82, 2.24) is 4.31 Å². The Hall–Kier alpha value is -1.18. The molecule has 0 radical (unpaired) electrons. The summed E-state index contributed by atoms with van der Waals surface area (Å²) in [5, 5.41) is 0. The van der Waals surface area contributed by atoms with Crippen molar-refractivity contribution in [2.75, 3.05) is 33.9 Å². The molecule has 23 heavy (non-hydrogen) atoms. The molecule has 0 aromatic heterocycles. The van der Waals surface area contributed by atoms with Crippen LogP contribution in [0.25, 0.3) is 0 Å². The van der Waals surface area contributed by atoms with Crippen LogP contribution in [0, 0.1) is 17.2 Å². The molecule has 2 atom stereocenters. The van der Waals surface area contributed by atoms with E-state index in [2.05, 4.69) is 0 Å². The molecular weight excluding hydrogens is 321 g/mol. The van der Waals surface area contributed by atoms with Gasteiger partial charge < -0.3 is 9.47 Å². The molecule has 1 saturated heterocycles. The number of hydrogen-bond donors (Lipinski definition) is 0. The minimum atomic E-state index is -3.70. The highest BCUT2D eigenvalue weighted by Gasteiger charge is 2.52. The van der Waals surface area contributed by atoms with Crippen molar-refractivity contribution in [1.29, 1.82) is 0 Å². The Morgan fingerprint density at radius 1 is 1.39 bits per heavy atom. The first kappa shape index (κ1) is 16.7. The minimum Gasteiger partial charge on any atom is -0.494 e. The smallest absolute Gasteiger partial charge is 0.243 e. The highest BCUT2D eigenvalue weighted by Crippen LogP contribution is 2.50. The summed E-state index contributed by atoms with van der Waals surface area (Å²) < 4.78 is 51.2. The van der Waals surface area contributed by atoms with Gasteiger partial charge in [-0.05, 0) is 37.0 Å². The summed E-state index contributed by atoms with van der Waals surface area (Å²) in [7, 11) is -0.700. The van der Waals surface area contributed by atoms with E-state index in [0.717, 1.165) is 25.3 Å². The van der Waals surface area contributed by atoms with Gasteiger partial charge in [0.25, 0.3) is 0 Å². The van der Waals surface area contributed by atoms with Crippen molar-refractivity contribution in [2.45, 2.75) is 24.2 Å². The highest BCUT2D eigenvalue weighted by atomic mass is 32.2. The average Bonchev–Trinajstić information content (AvgIpc) is 3.04. The van der Waals surface area contributed by atoms with E-state index in [1.807, 2.05) is 0 Å². The predicted molar refractivity (Wildman–Crippen MR) is 83.4 cm³/mol. The molecule has 0 bridgehead atoms. The maximum atomic E-state index is 13.9. The Balaban J connectivity index is 1.88. The normalized spacial score (nSPS) is 28.0. The van der Waals surface area contributed by atoms with Crippen LogP contribution in [-0.4, -0.2) is 46.6 Å². The van der Waals surface area contributed by atoms with Gasteiger partial charge in [0.1, 0.15) is 0 Å². The van der Waals surface area contributed by atoms with Crippen LogP contribution in [0.1, 0.15) is 19.3 Å². The molecule has 128 valence electrons. The maximum absolute atomic E-state index is 13.9. The molecule has 2 aliphatic rings. The van der Waals surface area contributed by atoms with Gasteiger partial charge >= 0.3 is 0 Å². The molecule has 0 spiro atoms. The topological polar surface area (TPSA) is 55.8 Å². The lowest BCUT2D eigenvalue weighted by atomic mass is 9.82. The fourth-order valence-corrected chi connectivity index (χ4v) is 5.62. The van der Waals surface area contributed by atoms with Crippen LogP contribution in [0.4, 0.5) is 4.39 Å². The standard InChI is InChI=1S/C16H22FNO4S/c1-21-11-16-7-3-4-12(16)9-18(10-16)23(19,20)13-5-6-15(22-2)14(17)8-13/h5-6,8,12H,3-4,7,9-11H2,1-2H3/t12-,16+/m0/s1. The molecule has 0 amide bonds. The fraction of sp³-hybridized carbons (Fsp3) is 0.625. The van der Waals surface area contributed by atoms with E-state index in [4.69, 9.17) is 9.47 Å². The lowest BCUT2D eigenvalue weighted by Gasteiger charge is -2.27. The van der Waals surface area contributed by atoms with Crippen LogP contribution in [0.2, 0.25) is 0 Å². The lowest BCUT2D eigenvalue weighted by molar-refractivity contribution is 0.0738. The van der Waals surface area contributed by atoms with E-state index < -0.39 is 15.8 Å². The summed E-state index contributed by atoms with van der Waals surface area (Å²) in [6, 6.07) is 3.78. The van der Waals surface area contributed by atoms with Crippen LogP contribution in [0.3, 0.4) is 0 Å². The summed E-state index contributed by atoms with van der Waals surface area (Å²) in [6.07, 6.45) is 3.11. The molecule has 1 aliphatic carbocycles. The van der Waals surface area contributed by atoms with E-state index in [-0.39, 0.29) is 16.1 Å². The van der Waals surface area contributed by atoms with E-state index in [1.54, 1.807) is 7.11 Å². The monoisotopic (exact) mass is 343 g/mol. The zero-order valence-corrected chi connectivity index (χ0v) is 14.2. The van der Waals surface area contributed by atoms with Crippen molar-refractivity contribution in [2.24, 2.45) is 11.3 Å². The Morgan fingerprint density at radius 2 is 2.17 bits per heavy atom. The summed E-state index contributed by atoms with van der Waals surface area (Å²) in [4.78, 5) is -0.0247. The first-order valence-electron chi connectivity index (χ1n) is 7.75. The Kier molecular flexibility index (Phi) is 4.37. The van der Waals surface area contributed by atoms with Crippen molar-refractivity contribution in [3.8, 4) is 5.75 Å². The van der Waals surface area contributed by atoms with Crippen LogP contribution in [0.5, 0.6) is 5.75 Å². The molecule has 1 aliphatic heterocycles. The summed E-state index contributed by atoms with van der Waals surface area (Å²) in [6.45, 7) is 1.50. The van der Waals surface area contributed by atoms with Crippen molar-refractivity contribution in [3.05, 3.63) is 24.0 Å². The number of hydrogen-bond acceptors (Lipinski definition) is 4. The van der Waals surface area contributed by atoms with Gasteiger partial charge in [0, 0.05) is 25.6 Å². The second-order valence-corrected chi connectivity index (χ2v) is 8.42. The van der Waals surface area contributed by atoms with Gasteiger partial charge in [0.15, 0.2) is 11.6 Å². The Labute approximate surface area is 136 Å². The van der Waals surface area contributed by atoms with E-state index in [1.165, 1.54) is 23.5 Å². The SMILES string of the molecule is COC[C@]12CCC[C@H]1CN(S(=O)(=O)c1ccc(OC)c(F)c1)C2. The van der Waals surface area contributed by atoms with Gasteiger partial charge in [0.05, 0.1) is 18.6 Å². The van der Waals surface area contributed by atoms with Gasteiger partial charge in [-0.15, -0.1) is 0 Å². The van der Waals surface area contributed by atoms with Gasteiger partial charge in [-0.1, -0.05) is 6.42 Å².